The molecule has 0 saturated carbocycles. The molecule has 1 N–H and O–H groups in total. The first-order valence-corrected chi connectivity index (χ1v) is 7.18. The number of hydrogen-bond acceptors (Lipinski definition) is 3. The van der Waals surface area contributed by atoms with Gasteiger partial charge in [0.05, 0.1) is 0 Å². The van der Waals surface area contributed by atoms with Gasteiger partial charge in [-0.3, -0.25) is 4.98 Å². The maximum absolute atomic E-state index is 4.26. The molecule has 0 unspecified atom stereocenters. The van der Waals surface area contributed by atoms with Crippen molar-refractivity contribution in [2.24, 2.45) is 5.92 Å². The molecule has 0 atom stereocenters. The molecule has 3 nitrogen and oxygen atoms in total. The first-order chi connectivity index (χ1) is 8.79. The van der Waals surface area contributed by atoms with E-state index in [1.54, 1.807) is 0 Å². The number of rotatable bonds is 5. The predicted octanol–water partition coefficient (Wildman–Crippen LogP) is 2.61. The second-order valence-corrected chi connectivity index (χ2v) is 5.29. The topological polar surface area (TPSA) is 28.2 Å². The van der Waals surface area contributed by atoms with Gasteiger partial charge in [0.25, 0.3) is 0 Å². The summed E-state index contributed by atoms with van der Waals surface area (Å²) >= 11 is 0. The van der Waals surface area contributed by atoms with Crippen LogP contribution in [0.15, 0.2) is 18.3 Å². The van der Waals surface area contributed by atoms with Crippen LogP contribution in [-0.4, -0.2) is 31.2 Å². The van der Waals surface area contributed by atoms with Crippen LogP contribution in [0.2, 0.25) is 0 Å². The quantitative estimate of drug-likeness (QED) is 0.811. The van der Waals surface area contributed by atoms with Crippen LogP contribution in [0.4, 0.5) is 5.69 Å². The highest BCUT2D eigenvalue weighted by Gasteiger charge is 2.18. The maximum atomic E-state index is 4.26. The van der Waals surface area contributed by atoms with Crippen LogP contribution in [-0.2, 0) is 0 Å². The minimum absolute atomic E-state index is 0.857. The summed E-state index contributed by atoms with van der Waals surface area (Å²) in [5.74, 6) is 0.857. The van der Waals surface area contributed by atoms with Crippen LogP contribution in [0.1, 0.15) is 31.9 Å². The molecule has 1 fully saturated rings. The molecule has 18 heavy (non-hydrogen) atoms. The van der Waals surface area contributed by atoms with E-state index in [1.165, 1.54) is 44.6 Å². The normalized spacial score (nSPS) is 17.1. The minimum atomic E-state index is 0.857. The van der Waals surface area contributed by atoms with E-state index in [0.717, 1.165) is 18.2 Å². The van der Waals surface area contributed by atoms with Gasteiger partial charge in [-0.15, -0.1) is 0 Å². The minimum Gasteiger partial charge on any atom is -0.371 e. The van der Waals surface area contributed by atoms with Gasteiger partial charge in [-0.25, -0.2) is 0 Å². The van der Waals surface area contributed by atoms with E-state index in [1.807, 2.05) is 6.20 Å². The number of aryl methyl sites for hydroxylation is 1. The third kappa shape index (κ3) is 3.70. The molecule has 100 valence electrons. The fourth-order valence-corrected chi connectivity index (χ4v) is 2.61. The van der Waals surface area contributed by atoms with E-state index >= 15 is 0 Å². The number of anilines is 1. The van der Waals surface area contributed by atoms with Gasteiger partial charge in [-0.1, -0.05) is 6.92 Å². The van der Waals surface area contributed by atoms with Crippen molar-refractivity contribution in [1.82, 2.24) is 10.3 Å². The fourth-order valence-electron chi connectivity index (χ4n) is 2.61. The van der Waals surface area contributed by atoms with Gasteiger partial charge < -0.3 is 10.2 Å². The monoisotopic (exact) mass is 247 g/mol. The van der Waals surface area contributed by atoms with Gasteiger partial charge >= 0.3 is 0 Å². The number of aromatic nitrogens is 1. The van der Waals surface area contributed by atoms with E-state index < -0.39 is 0 Å². The molecule has 0 bridgehead atoms. The lowest BCUT2D eigenvalue weighted by molar-refractivity contribution is 0.383. The maximum Gasteiger partial charge on any atom is 0.0399 e. The number of nitrogens with one attached hydrogen (secondary N) is 1. The zero-order valence-corrected chi connectivity index (χ0v) is 11.7. The Morgan fingerprint density at radius 3 is 2.83 bits per heavy atom. The Kier molecular flexibility index (Phi) is 5.00. The highest BCUT2D eigenvalue weighted by atomic mass is 15.1. The van der Waals surface area contributed by atoms with Crippen LogP contribution in [0.3, 0.4) is 0 Å². The average Bonchev–Trinajstić information content (AvgIpc) is 2.40. The molecular weight excluding hydrogens is 222 g/mol. The Morgan fingerprint density at radius 1 is 1.39 bits per heavy atom. The Hall–Kier alpha value is -1.09. The number of hydrogen-bond donors (Lipinski definition) is 1. The van der Waals surface area contributed by atoms with Crippen molar-refractivity contribution in [2.75, 3.05) is 31.1 Å². The zero-order chi connectivity index (χ0) is 12.8. The van der Waals surface area contributed by atoms with Crippen molar-refractivity contribution in [2.45, 2.75) is 33.1 Å². The average molecular weight is 247 g/mol. The summed E-state index contributed by atoms with van der Waals surface area (Å²) < 4.78 is 0. The van der Waals surface area contributed by atoms with Crippen molar-refractivity contribution < 1.29 is 0 Å². The summed E-state index contributed by atoms with van der Waals surface area (Å²) in [6.07, 6.45) is 5.75. The SMILES string of the molecule is CCCNCC1CCN(c2ccnc(C)c2)CC1. The largest absolute Gasteiger partial charge is 0.371 e. The van der Waals surface area contributed by atoms with E-state index in [4.69, 9.17) is 0 Å². The van der Waals surface area contributed by atoms with Gasteiger partial charge in [0.2, 0.25) is 0 Å². The highest BCUT2D eigenvalue weighted by Crippen LogP contribution is 2.22. The Balaban J connectivity index is 1.79. The van der Waals surface area contributed by atoms with Crippen LogP contribution in [0.25, 0.3) is 0 Å². The molecule has 2 rings (SSSR count). The summed E-state index contributed by atoms with van der Waals surface area (Å²) in [6.45, 7) is 9.00. The van der Waals surface area contributed by atoms with Crippen molar-refractivity contribution in [1.29, 1.82) is 0 Å². The van der Waals surface area contributed by atoms with Gasteiger partial charge in [-0.05, 0) is 57.3 Å². The smallest absolute Gasteiger partial charge is 0.0399 e. The molecule has 0 aliphatic carbocycles. The molecular formula is C15H25N3. The number of pyridine rings is 1. The van der Waals surface area contributed by atoms with Crippen LogP contribution >= 0.6 is 0 Å². The summed E-state index contributed by atoms with van der Waals surface area (Å²) in [5.41, 5.74) is 2.45. The van der Waals surface area contributed by atoms with Gasteiger partial charge in [-0.2, -0.15) is 0 Å². The third-order valence-corrected chi connectivity index (χ3v) is 3.72. The zero-order valence-electron chi connectivity index (χ0n) is 11.7. The molecule has 1 aromatic rings. The Bertz CT molecular complexity index is 357. The van der Waals surface area contributed by atoms with E-state index in [0.29, 0.717) is 0 Å². The summed E-state index contributed by atoms with van der Waals surface area (Å²) in [7, 11) is 0. The lowest BCUT2D eigenvalue weighted by atomic mass is 9.96. The molecule has 1 aliphatic rings. The lowest BCUT2D eigenvalue weighted by Crippen LogP contribution is -2.37. The number of nitrogens with zero attached hydrogens (tertiary/aromatic N) is 2. The Morgan fingerprint density at radius 2 is 2.17 bits per heavy atom. The van der Waals surface area contributed by atoms with E-state index in [2.05, 4.69) is 41.2 Å². The van der Waals surface area contributed by atoms with E-state index in [-0.39, 0.29) is 0 Å². The van der Waals surface area contributed by atoms with Crippen LogP contribution in [0.5, 0.6) is 0 Å². The molecule has 0 aromatic carbocycles. The van der Waals surface area contributed by atoms with Crippen LogP contribution < -0.4 is 10.2 Å². The van der Waals surface area contributed by atoms with Crippen molar-refractivity contribution >= 4 is 5.69 Å². The molecule has 0 amide bonds. The lowest BCUT2D eigenvalue weighted by Gasteiger charge is -2.33. The highest BCUT2D eigenvalue weighted by molar-refractivity contribution is 5.46. The summed E-state index contributed by atoms with van der Waals surface area (Å²) in [5, 5.41) is 3.54. The second kappa shape index (κ2) is 6.74. The van der Waals surface area contributed by atoms with E-state index in [9.17, 15) is 0 Å². The second-order valence-electron chi connectivity index (χ2n) is 5.29. The Labute approximate surface area is 111 Å². The summed E-state index contributed by atoms with van der Waals surface area (Å²) in [6, 6.07) is 4.32. The summed E-state index contributed by atoms with van der Waals surface area (Å²) in [4.78, 5) is 6.75. The molecule has 0 spiro atoms. The van der Waals surface area contributed by atoms with Gasteiger partial charge in [0.1, 0.15) is 0 Å². The number of piperidine rings is 1. The third-order valence-electron chi connectivity index (χ3n) is 3.72. The first-order valence-electron chi connectivity index (χ1n) is 7.18. The first kappa shape index (κ1) is 13.3. The van der Waals surface area contributed by atoms with Gasteiger partial charge in [0, 0.05) is 30.7 Å². The van der Waals surface area contributed by atoms with Gasteiger partial charge in [0.15, 0.2) is 0 Å². The molecule has 1 aliphatic heterocycles. The standard InChI is InChI=1S/C15H25N3/c1-3-7-16-12-14-5-9-18(10-6-14)15-4-8-17-13(2)11-15/h4,8,11,14,16H,3,5-7,9-10,12H2,1-2H3. The fraction of sp³-hybridized carbons (Fsp3) is 0.667. The van der Waals surface area contributed by atoms with Crippen LogP contribution in [0, 0.1) is 12.8 Å². The van der Waals surface area contributed by atoms with Crippen molar-refractivity contribution in [3.63, 3.8) is 0 Å². The van der Waals surface area contributed by atoms with Crippen molar-refractivity contribution in [3.05, 3.63) is 24.0 Å². The molecule has 3 heteroatoms. The molecule has 1 aromatic heterocycles. The van der Waals surface area contributed by atoms with Crippen molar-refractivity contribution in [3.8, 4) is 0 Å². The molecule has 0 radical (unpaired) electrons. The predicted molar refractivity (Wildman–Crippen MR) is 77.1 cm³/mol. The molecule has 1 saturated heterocycles. The molecule has 2 heterocycles.